The van der Waals surface area contributed by atoms with Gasteiger partial charge in [0.1, 0.15) is 17.4 Å². The highest BCUT2D eigenvalue weighted by molar-refractivity contribution is 5.89. The Bertz CT molecular complexity index is 718. The number of aryl methyl sites for hydroxylation is 2. The second-order valence-corrected chi connectivity index (χ2v) is 4.30. The lowest BCUT2D eigenvalue weighted by atomic mass is 10.1. The summed E-state index contributed by atoms with van der Waals surface area (Å²) < 4.78 is 5.57. The number of rotatable bonds is 3. The highest BCUT2D eigenvalue weighted by Gasteiger charge is 2.10. The molecule has 0 radical (unpaired) electrons. The zero-order valence-electron chi connectivity index (χ0n) is 11.0. The first-order chi connectivity index (χ1) is 9.51. The summed E-state index contributed by atoms with van der Waals surface area (Å²) >= 11 is 0. The van der Waals surface area contributed by atoms with E-state index in [1.54, 1.807) is 38.1 Å². The Morgan fingerprint density at radius 2 is 2.05 bits per heavy atom. The molecule has 2 rings (SSSR count). The second-order valence-electron chi connectivity index (χ2n) is 4.30. The summed E-state index contributed by atoms with van der Waals surface area (Å²) in [5.74, 6) is -0.322. The van der Waals surface area contributed by atoms with Crippen molar-refractivity contribution in [2.45, 2.75) is 13.8 Å². The number of hydrogen-bond donors (Lipinski definition) is 1. The Kier molecular flexibility index (Phi) is 3.67. The van der Waals surface area contributed by atoms with Crippen molar-refractivity contribution in [1.82, 2.24) is 4.98 Å². The summed E-state index contributed by atoms with van der Waals surface area (Å²) in [5, 5.41) is 18.0. The van der Waals surface area contributed by atoms with E-state index in [4.69, 9.17) is 15.1 Å². The fourth-order valence-electron chi connectivity index (χ4n) is 1.75. The van der Waals surface area contributed by atoms with Gasteiger partial charge in [0.25, 0.3) is 0 Å². The van der Waals surface area contributed by atoms with E-state index in [0.717, 1.165) is 5.69 Å². The minimum absolute atomic E-state index is 0.218. The average molecular weight is 268 g/mol. The molecule has 20 heavy (non-hydrogen) atoms. The molecule has 0 aliphatic carbocycles. The molecule has 0 amide bonds. The van der Waals surface area contributed by atoms with Gasteiger partial charge >= 0.3 is 5.97 Å². The topological polar surface area (TPSA) is 83.2 Å². The SMILES string of the molecule is Cc1ccc(C#N)c(Oc2ccc(C(=O)O)c(C)c2)n1. The van der Waals surface area contributed by atoms with E-state index in [1.165, 1.54) is 6.07 Å². The molecule has 0 aliphatic heterocycles. The third kappa shape index (κ3) is 2.75. The van der Waals surface area contributed by atoms with E-state index >= 15 is 0 Å². The number of ether oxygens (including phenoxy) is 1. The van der Waals surface area contributed by atoms with Gasteiger partial charge in [-0.2, -0.15) is 5.26 Å². The number of carboxylic acid groups (broad SMARTS) is 1. The number of pyridine rings is 1. The van der Waals surface area contributed by atoms with Crippen LogP contribution in [0.4, 0.5) is 0 Å². The second kappa shape index (κ2) is 5.41. The van der Waals surface area contributed by atoms with Gasteiger partial charge in [0.15, 0.2) is 0 Å². The first-order valence-corrected chi connectivity index (χ1v) is 5.91. The van der Waals surface area contributed by atoms with Crippen LogP contribution in [0.1, 0.15) is 27.2 Å². The zero-order valence-corrected chi connectivity index (χ0v) is 11.0. The maximum Gasteiger partial charge on any atom is 0.335 e. The molecular formula is C15H12N2O3. The predicted molar refractivity (Wildman–Crippen MR) is 71.9 cm³/mol. The van der Waals surface area contributed by atoms with E-state index in [2.05, 4.69) is 4.98 Å². The molecule has 0 saturated heterocycles. The Morgan fingerprint density at radius 1 is 1.30 bits per heavy atom. The van der Waals surface area contributed by atoms with Crippen molar-refractivity contribution in [3.63, 3.8) is 0 Å². The summed E-state index contributed by atoms with van der Waals surface area (Å²) in [7, 11) is 0. The summed E-state index contributed by atoms with van der Waals surface area (Å²) in [5.41, 5.74) is 1.87. The number of benzene rings is 1. The number of hydrogen-bond acceptors (Lipinski definition) is 4. The molecule has 1 aromatic heterocycles. The molecule has 0 spiro atoms. The van der Waals surface area contributed by atoms with Gasteiger partial charge in [-0.1, -0.05) is 0 Å². The number of nitrogens with zero attached hydrogens (tertiary/aromatic N) is 2. The molecule has 0 bridgehead atoms. The molecule has 0 fully saturated rings. The maximum absolute atomic E-state index is 10.9. The fraction of sp³-hybridized carbons (Fsp3) is 0.133. The average Bonchev–Trinajstić information content (AvgIpc) is 2.38. The standard InChI is InChI=1S/C15H12N2O3/c1-9-7-12(5-6-13(9)15(18)19)20-14-11(8-16)4-3-10(2)17-14/h3-7H,1-2H3,(H,18,19). The molecule has 0 saturated carbocycles. The number of carbonyl (C=O) groups is 1. The number of aromatic nitrogens is 1. The van der Waals surface area contributed by atoms with E-state index in [0.29, 0.717) is 16.9 Å². The quantitative estimate of drug-likeness (QED) is 0.924. The lowest BCUT2D eigenvalue weighted by Gasteiger charge is -2.09. The van der Waals surface area contributed by atoms with Gasteiger partial charge in [0.2, 0.25) is 5.88 Å². The summed E-state index contributed by atoms with van der Waals surface area (Å²) in [4.78, 5) is 15.1. The van der Waals surface area contributed by atoms with E-state index in [9.17, 15) is 4.79 Å². The third-order valence-corrected chi connectivity index (χ3v) is 2.76. The molecule has 2 aromatic rings. The lowest BCUT2D eigenvalue weighted by molar-refractivity contribution is 0.0696. The zero-order chi connectivity index (χ0) is 14.7. The van der Waals surface area contributed by atoms with Crippen LogP contribution in [0.15, 0.2) is 30.3 Å². The van der Waals surface area contributed by atoms with E-state index < -0.39 is 5.97 Å². The van der Waals surface area contributed by atoms with Gasteiger partial charge in [0.05, 0.1) is 5.56 Å². The Balaban J connectivity index is 2.36. The van der Waals surface area contributed by atoms with Crippen LogP contribution >= 0.6 is 0 Å². The maximum atomic E-state index is 10.9. The van der Waals surface area contributed by atoms with Gasteiger partial charge < -0.3 is 9.84 Å². The first kappa shape index (κ1) is 13.6. The van der Waals surface area contributed by atoms with Crippen molar-refractivity contribution >= 4 is 5.97 Å². The molecule has 1 heterocycles. The smallest absolute Gasteiger partial charge is 0.335 e. The molecule has 1 N–H and O–H groups in total. The Labute approximate surface area is 116 Å². The first-order valence-electron chi connectivity index (χ1n) is 5.91. The highest BCUT2D eigenvalue weighted by Crippen LogP contribution is 2.25. The summed E-state index contributed by atoms with van der Waals surface area (Å²) in [6.07, 6.45) is 0. The van der Waals surface area contributed by atoms with Gasteiger partial charge in [-0.15, -0.1) is 0 Å². The monoisotopic (exact) mass is 268 g/mol. The van der Waals surface area contributed by atoms with Gasteiger partial charge in [-0.3, -0.25) is 0 Å². The van der Waals surface area contributed by atoms with Crippen LogP contribution in [0.2, 0.25) is 0 Å². The summed E-state index contributed by atoms with van der Waals surface area (Å²) in [6, 6.07) is 9.98. The van der Waals surface area contributed by atoms with Crippen LogP contribution in [-0.2, 0) is 0 Å². The molecule has 5 nitrogen and oxygen atoms in total. The molecule has 0 atom stereocenters. The van der Waals surface area contributed by atoms with Gasteiger partial charge in [0, 0.05) is 5.69 Å². The van der Waals surface area contributed by atoms with Crippen molar-refractivity contribution in [3.8, 4) is 17.7 Å². The summed E-state index contributed by atoms with van der Waals surface area (Å²) in [6.45, 7) is 3.48. The molecular weight excluding hydrogens is 256 g/mol. The van der Waals surface area contributed by atoms with Gasteiger partial charge in [-0.05, 0) is 49.7 Å². The lowest BCUT2D eigenvalue weighted by Crippen LogP contribution is -2.00. The van der Waals surface area contributed by atoms with Crippen LogP contribution in [0.25, 0.3) is 0 Å². The molecule has 100 valence electrons. The molecule has 0 aliphatic rings. The van der Waals surface area contributed by atoms with Crippen molar-refractivity contribution in [3.05, 3.63) is 52.7 Å². The van der Waals surface area contributed by atoms with Crippen LogP contribution in [0.3, 0.4) is 0 Å². The van der Waals surface area contributed by atoms with Crippen molar-refractivity contribution in [1.29, 1.82) is 5.26 Å². The molecule has 0 unspecified atom stereocenters. The number of nitriles is 1. The van der Waals surface area contributed by atoms with Crippen molar-refractivity contribution in [2.24, 2.45) is 0 Å². The predicted octanol–water partition coefficient (Wildman–Crippen LogP) is 3.06. The largest absolute Gasteiger partial charge is 0.478 e. The number of aromatic carboxylic acids is 1. The minimum atomic E-state index is -0.986. The molecule has 5 heteroatoms. The van der Waals surface area contributed by atoms with Crippen molar-refractivity contribution in [2.75, 3.05) is 0 Å². The number of carboxylic acids is 1. The van der Waals surface area contributed by atoms with Crippen LogP contribution < -0.4 is 4.74 Å². The van der Waals surface area contributed by atoms with Crippen LogP contribution in [0.5, 0.6) is 11.6 Å². The third-order valence-electron chi connectivity index (χ3n) is 2.76. The van der Waals surface area contributed by atoms with E-state index in [-0.39, 0.29) is 11.4 Å². The Hall–Kier alpha value is -2.87. The normalized spacial score (nSPS) is 9.85. The van der Waals surface area contributed by atoms with Gasteiger partial charge in [-0.25, -0.2) is 9.78 Å². The van der Waals surface area contributed by atoms with Crippen molar-refractivity contribution < 1.29 is 14.6 Å². The van der Waals surface area contributed by atoms with Crippen LogP contribution in [-0.4, -0.2) is 16.1 Å². The van der Waals surface area contributed by atoms with Crippen LogP contribution in [0, 0.1) is 25.2 Å². The molecule has 1 aromatic carbocycles. The fourth-order valence-corrected chi connectivity index (χ4v) is 1.75. The highest BCUT2D eigenvalue weighted by atomic mass is 16.5. The Morgan fingerprint density at radius 3 is 2.65 bits per heavy atom. The van der Waals surface area contributed by atoms with E-state index in [1.807, 2.05) is 6.07 Å². The minimum Gasteiger partial charge on any atom is -0.478 e.